The van der Waals surface area contributed by atoms with Crippen LogP contribution in [0.2, 0.25) is 0 Å². The molecule has 2 aromatic carbocycles. The molecule has 56 heavy (non-hydrogen) atoms. The molecular weight excluding hydrogens is 713 g/mol. The molecule has 6 rings (SSSR count). The smallest absolute Gasteiger partial charge is 0.249 e. The number of carbonyl (C=O) groups excluding carboxylic acids is 4. The summed E-state index contributed by atoms with van der Waals surface area (Å²) in [4.78, 5) is 71.0. The van der Waals surface area contributed by atoms with Gasteiger partial charge < -0.3 is 40.6 Å². The molecular formula is C42H54N8O6. The van der Waals surface area contributed by atoms with Crippen molar-refractivity contribution in [1.29, 1.82) is 0 Å². The highest BCUT2D eigenvalue weighted by Crippen LogP contribution is 2.34. The van der Waals surface area contributed by atoms with Gasteiger partial charge in [-0.3, -0.25) is 19.2 Å². The minimum atomic E-state index is -1.17. The highest BCUT2D eigenvalue weighted by Gasteiger charge is 2.37. The van der Waals surface area contributed by atoms with E-state index in [1.165, 1.54) is 0 Å². The first-order valence-electron chi connectivity index (χ1n) is 19.6. The van der Waals surface area contributed by atoms with E-state index in [1.807, 2.05) is 24.3 Å². The summed E-state index contributed by atoms with van der Waals surface area (Å²) in [5.41, 5.74) is 5.67. The molecule has 4 heterocycles. The predicted octanol–water partition coefficient (Wildman–Crippen LogP) is 4.50. The Hall–Kier alpha value is -5.34. The lowest BCUT2D eigenvalue weighted by atomic mass is 10.0. The van der Waals surface area contributed by atoms with Gasteiger partial charge in [-0.25, -0.2) is 9.97 Å². The zero-order valence-electron chi connectivity index (χ0n) is 33.0. The number of carbonyl (C=O) groups is 4. The zero-order valence-corrected chi connectivity index (χ0v) is 33.0. The van der Waals surface area contributed by atoms with Crippen molar-refractivity contribution in [1.82, 2.24) is 40.4 Å². The first kappa shape index (κ1) is 40.3. The first-order valence-corrected chi connectivity index (χ1v) is 19.6. The lowest BCUT2D eigenvalue weighted by molar-refractivity contribution is -0.140. The molecule has 0 saturated carbocycles. The molecule has 4 aromatic rings. The minimum Gasteiger partial charge on any atom is -0.383 e. The lowest BCUT2D eigenvalue weighted by Gasteiger charge is -2.27. The molecule has 0 radical (unpaired) electrons. The summed E-state index contributed by atoms with van der Waals surface area (Å²) in [6, 6.07) is 14.3. The standard InChI is InChI=1S/C42H54N8O6/c1-23(2)35(51)39(53)45-25(5)41(55)49-19-7-9-33(49)37-43-21-31(47-37)29-15-11-27(12-16-29)28-13-17-30(18-14-28)32-22-44-38(48-32)34-10-8-20-50(34)42(56)26(6)46-40(54)36(52)24(3)4/h11-18,21-26,33-36,51-52H,7-10,19-20H2,1-6H3,(H,43,47)(H,44,48)(H,45,53)(H,46,54)/t25-,26-,33-,34?,35+,36+/m0/s1. The summed E-state index contributed by atoms with van der Waals surface area (Å²) in [7, 11) is 0. The van der Waals surface area contributed by atoms with Crippen LogP contribution < -0.4 is 10.6 Å². The molecule has 2 aliphatic rings. The number of aliphatic hydroxyl groups excluding tert-OH is 2. The van der Waals surface area contributed by atoms with Gasteiger partial charge in [0.05, 0.1) is 35.9 Å². The largest absolute Gasteiger partial charge is 0.383 e. The van der Waals surface area contributed by atoms with E-state index in [-0.39, 0.29) is 35.7 Å². The molecule has 0 spiro atoms. The number of nitrogens with one attached hydrogen (secondary N) is 4. The Bertz CT molecular complexity index is 1860. The van der Waals surface area contributed by atoms with Crippen LogP contribution in [-0.4, -0.2) is 101 Å². The van der Waals surface area contributed by atoms with Crippen molar-refractivity contribution in [3.63, 3.8) is 0 Å². The lowest BCUT2D eigenvalue weighted by Crippen LogP contribution is -2.50. The summed E-state index contributed by atoms with van der Waals surface area (Å²) >= 11 is 0. The second-order valence-electron chi connectivity index (χ2n) is 15.7. The van der Waals surface area contributed by atoms with Crippen LogP contribution in [0.15, 0.2) is 60.9 Å². The van der Waals surface area contributed by atoms with Gasteiger partial charge in [-0.1, -0.05) is 76.2 Å². The number of rotatable bonds is 13. The van der Waals surface area contributed by atoms with Crippen LogP contribution in [0.5, 0.6) is 0 Å². The first-order chi connectivity index (χ1) is 26.7. The summed E-state index contributed by atoms with van der Waals surface area (Å²) in [5, 5.41) is 25.5. The average Bonchev–Trinajstić information content (AvgIpc) is 4.03. The van der Waals surface area contributed by atoms with E-state index in [0.717, 1.165) is 59.3 Å². The third kappa shape index (κ3) is 8.71. The highest BCUT2D eigenvalue weighted by molar-refractivity contribution is 5.90. The van der Waals surface area contributed by atoms with Crippen molar-refractivity contribution in [2.75, 3.05) is 13.1 Å². The molecule has 4 amide bonds. The van der Waals surface area contributed by atoms with Crippen molar-refractivity contribution in [2.45, 2.75) is 104 Å². The van der Waals surface area contributed by atoms with E-state index in [1.54, 1.807) is 63.7 Å². The van der Waals surface area contributed by atoms with Crippen LogP contribution in [0.4, 0.5) is 0 Å². The fourth-order valence-electron chi connectivity index (χ4n) is 7.44. The number of nitrogens with zero attached hydrogens (tertiary/aromatic N) is 4. The van der Waals surface area contributed by atoms with E-state index < -0.39 is 36.1 Å². The number of hydrogen-bond donors (Lipinski definition) is 6. The van der Waals surface area contributed by atoms with E-state index in [9.17, 15) is 29.4 Å². The second-order valence-corrected chi connectivity index (χ2v) is 15.7. The van der Waals surface area contributed by atoms with Gasteiger partial charge >= 0.3 is 0 Å². The molecule has 1 unspecified atom stereocenters. The maximum atomic E-state index is 13.3. The van der Waals surface area contributed by atoms with Gasteiger partial charge in [0.2, 0.25) is 23.6 Å². The molecule has 6 N–H and O–H groups in total. The van der Waals surface area contributed by atoms with Crippen LogP contribution in [-0.2, 0) is 19.2 Å². The number of amides is 4. The maximum absolute atomic E-state index is 13.3. The topological polar surface area (TPSA) is 197 Å². The number of aromatic nitrogens is 4. The van der Waals surface area contributed by atoms with Crippen molar-refractivity contribution in [2.24, 2.45) is 11.8 Å². The van der Waals surface area contributed by atoms with Crippen LogP contribution >= 0.6 is 0 Å². The molecule has 14 heteroatoms. The molecule has 298 valence electrons. The van der Waals surface area contributed by atoms with Crippen molar-refractivity contribution >= 4 is 23.6 Å². The number of imidazole rings is 2. The minimum absolute atomic E-state index is 0.205. The van der Waals surface area contributed by atoms with E-state index >= 15 is 0 Å². The Morgan fingerprint density at radius 2 is 0.946 bits per heavy atom. The Morgan fingerprint density at radius 3 is 1.29 bits per heavy atom. The van der Waals surface area contributed by atoms with Crippen molar-refractivity contribution in [3.05, 3.63) is 72.6 Å². The van der Waals surface area contributed by atoms with Gasteiger partial charge in [0.1, 0.15) is 35.9 Å². The molecule has 2 saturated heterocycles. The monoisotopic (exact) mass is 766 g/mol. The Balaban J connectivity index is 1.07. The van der Waals surface area contributed by atoms with Gasteiger partial charge in [0, 0.05) is 13.1 Å². The van der Waals surface area contributed by atoms with Crippen LogP contribution in [0, 0.1) is 11.8 Å². The van der Waals surface area contributed by atoms with Crippen LogP contribution in [0.25, 0.3) is 33.6 Å². The van der Waals surface area contributed by atoms with E-state index in [0.29, 0.717) is 24.7 Å². The zero-order chi connectivity index (χ0) is 40.3. The number of benzene rings is 2. The van der Waals surface area contributed by atoms with Gasteiger partial charge in [0.15, 0.2) is 0 Å². The Kier molecular flexibility index (Phi) is 12.4. The third-order valence-corrected chi connectivity index (χ3v) is 10.9. The van der Waals surface area contributed by atoms with Crippen molar-refractivity contribution in [3.8, 4) is 33.6 Å². The molecule has 14 nitrogen and oxygen atoms in total. The number of aromatic amines is 2. The highest BCUT2D eigenvalue weighted by atomic mass is 16.3. The van der Waals surface area contributed by atoms with Gasteiger partial charge in [0.25, 0.3) is 0 Å². The molecule has 0 aliphatic carbocycles. The number of aliphatic hydroxyl groups is 2. The summed E-state index contributed by atoms with van der Waals surface area (Å²) in [6.45, 7) is 11.4. The molecule has 0 bridgehead atoms. The molecule has 2 aromatic heterocycles. The number of likely N-dealkylation sites (tertiary alicyclic amines) is 2. The molecule has 6 atom stereocenters. The van der Waals surface area contributed by atoms with Crippen LogP contribution in [0.3, 0.4) is 0 Å². The van der Waals surface area contributed by atoms with Gasteiger partial charge in [-0.05, 0) is 73.6 Å². The van der Waals surface area contributed by atoms with Gasteiger partial charge in [-0.15, -0.1) is 0 Å². The maximum Gasteiger partial charge on any atom is 0.249 e. The fourth-order valence-corrected chi connectivity index (χ4v) is 7.44. The average molecular weight is 767 g/mol. The van der Waals surface area contributed by atoms with E-state index in [4.69, 9.17) is 0 Å². The molecule has 2 aliphatic heterocycles. The Morgan fingerprint density at radius 1 is 0.607 bits per heavy atom. The summed E-state index contributed by atoms with van der Waals surface area (Å²) < 4.78 is 0. The summed E-state index contributed by atoms with van der Waals surface area (Å²) in [5.74, 6) is -0.625. The normalized spacial score (nSPS) is 19.2. The predicted molar refractivity (Wildman–Crippen MR) is 211 cm³/mol. The van der Waals surface area contributed by atoms with E-state index in [2.05, 4.69) is 54.8 Å². The number of H-pyrrole nitrogens is 2. The fraction of sp³-hybridized carbons (Fsp3) is 0.476. The third-order valence-electron chi connectivity index (χ3n) is 10.9. The second kappa shape index (κ2) is 17.2. The quantitative estimate of drug-likeness (QED) is 0.114. The molecule has 2 fully saturated rings. The SMILES string of the molecule is CC(C)[C@@H](O)C(=O)N[C@@H](C)C(=O)N1CCCC1c1ncc(-c2ccc(-c3ccc(-c4cnc([C@@H]5CCCN5C(=O)[C@H](C)NC(=O)[C@H](O)C(C)C)[nH]4)cc3)cc2)[nH]1. The summed E-state index contributed by atoms with van der Waals surface area (Å²) in [6.07, 6.45) is 4.37. The Labute approximate surface area is 327 Å². The van der Waals surface area contributed by atoms with Crippen LogP contribution in [0.1, 0.15) is 91.0 Å². The van der Waals surface area contributed by atoms with Crippen molar-refractivity contribution < 1.29 is 29.4 Å². The van der Waals surface area contributed by atoms with Gasteiger partial charge in [-0.2, -0.15) is 0 Å². The number of hydrogen-bond acceptors (Lipinski definition) is 8.